The second-order valence-corrected chi connectivity index (χ2v) is 8.29. The van der Waals surface area contributed by atoms with E-state index in [1.54, 1.807) is 0 Å². The molecular weight excluding hydrogens is 424 g/mol. The van der Waals surface area contributed by atoms with Crippen LogP contribution in [0.1, 0.15) is 20.8 Å². The van der Waals surface area contributed by atoms with Gasteiger partial charge in [-0.3, -0.25) is 0 Å². The highest BCUT2D eigenvalue weighted by atomic mass is 16.8. The van der Waals surface area contributed by atoms with Crippen molar-refractivity contribution in [3.63, 3.8) is 0 Å². The predicted molar refractivity (Wildman–Crippen MR) is 97.0 cm³/mol. The zero-order chi connectivity index (χ0) is 23.2. The van der Waals surface area contributed by atoms with Gasteiger partial charge in [0, 0.05) is 0 Å². The minimum Gasteiger partial charge on any atom is -0.388 e. The summed E-state index contributed by atoms with van der Waals surface area (Å²) in [5.41, 5.74) is 0. The third kappa shape index (κ3) is 4.89. The van der Waals surface area contributed by atoms with Gasteiger partial charge in [-0.15, -0.1) is 0 Å². The molecule has 0 aromatic heterocycles. The third-order valence-corrected chi connectivity index (χ3v) is 5.98. The molecule has 8 N–H and O–H groups in total. The first kappa shape index (κ1) is 25.1. The van der Waals surface area contributed by atoms with Crippen LogP contribution in [-0.2, 0) is 23.7 Å². The van der Waals surface area contributed by atoms with Crippen molar-refractivity contribution >= 4 is 0 Å². The fraction of sp³-hybridized carbons (Fsp3) is 1.00. The summed E-state index contributed by atoms with van der Waals surface area (Å²) in [6.45, 7) is 4.34. The molecule has 13 nitrogen and oxygen atoms in total. The number of hydrogen-bond donors (Lipinski definition) is 8. The second-order valence-electron chi connectivity index (χ2n) is 8.29. The smallest absolute Gasteiger partial charge is 0.187 e. The summed E-state index contributed by atoms with van der Waals surface area (Å²) < 4.78 is 27.2. The van der Waals surface area contributed by atoms with Crippen LogP contribution in [0.4, 0.5) is 0 Å². The number of rotatable bonds is 4. The fourth-order valence-electron chi connectivity index (χ4n) is 3.87. The first-order valence-electron chi connectivity index (χ1n) is 10.2. The molecule has 31 heavy (non-hydrogen) atoms. The van der Waals surface area contributed by atoms with Crippen molar-refractivity contribution in [3.8, 4) is 0 Å². The van der Waals surface area contributed by atoms with E-state index in [9.17, 15) is 40.9 Å². The van der Waals surface area contributed by atoms with Gasteiger partial charge in [-0.1, -0.05) is 0 Å². The number of aliphatic hydroxyl groups excluding tert-OH is 8. The normalized spacial score (nSPS) is 56.4. The largest absolute Gasteiger partial charge is 0.388 e. The van der Waals surface area contributed by atoms with E-state index in [2.05, 4.69) is 0 Å². The molecule has 3 saturated heterocycles. The van der Waals surface area contributed by atoms with E-state index in [0.29, 0.717) is 0 Å². The molecule has 3 aliphatic rings. The summed E-state index contributed by atoms with van der Waals surface area (Å²) in [6, 6.07) is 0. The van der Waals surface area contributed by atoms with Gasteiger partial charge in [0.2, 0.25) is 0 Å². The second kappa shape index (κ2) is 9.77. The van der Waals surface area contributed by atoms with Gasteiger partial charge in [-0.25, -0.2) is 0 Å². The topological polar surface area (TPSA) is 208 Å². The van der Waals surface area contributed by atoms with Crippen LogP contribution in [-0.4, -0.2) is 133 Å². The van der Waals surface area contributed by atoms with Crippen LogP contribution in [0.2, 0.25) is 0 Å². The third-order valence-electron chi connectivity index (χ3n) is 5.98. The van der Waals surface area contributed by atoms with Gasteiger partial charge >= 0.3 is 0 Å². The van der Waals surface area contributed by atoms with Crippen LogP contribution >= 0.6 is 0 Å². The minimum absolute atomic E-state index is 0.914. The van der Waals surface area contributed by atoms with E-state index < -0.39 is 92.1 Å². The minimum atomic E-state index is -1.69. The highest BCUT2D eigenvalue weighted by Gasteiger charge is 2.52. The predicted octanol–water partition coefficient (Wildman–Crippen LogP) is -4.49. The molecular formula is C18H32O13. The molecule has 3 aliphatic heterocycles. The van der Waals surface area contributed by atoms with Crippen LogP contribution in [0.5, 0.6) is 0 Å². The maximum atomic E-state index is 10.6. The van der Waals surface area contributed by atoms with Crippen molar-refractivity contribution < 1.29 is 64.5 Å². The molecule has 0 saturated carbocycles. The van der Waals surface area contributed by atoms with Gasteiger partial charge in [0.25, 0.3) is 0 Å². The van der Waals surface area contributed by atoms with Crippen molar-refractivity contribution in [3.05, 3.63) is 0 Å². The van der Waals surface area contributed by atoms with Gasteiger partial charge in [-0.05, 0) is 20.8 Å². The highest BCUT2D eigenvalue weighted by molar-refractivity contribution is 4.94. The summed E-state index contributed by atoms with van der Waals surface area (Å²) in [7, 11) is 0. The average Bonchev–Trinajstić information content (AvgIpc) is 2.72. The van der Waals surface area contributed by atoms with Crippen LogP contribution in [0.15, 0.2) is 0 Å². The molecule has 0 unspecified atom stereocenters. The summed E-state index contributed by atoms with van der Waals surface area (Å²) in [6.07, 6.45) is -21.1. The first-order chi connectivity index (χ1) is 14.4. The summed E-state index contributed by atoms with van der Waals surface area (Å²) in [4.78, 5) is 0. The Labute approximate surface area is 178 Å². The summed E-state index contributed by atoms with van der Waals surface area (Å²) >= 11 is 0. The first-order valence-corrected chi connectivity index (χ1v) is 10.2. The van der Waals surface area contributed by atoms with Gasteiger partial charge in [0.15, 0.2) is 18.9 Å². The Morgan fingerprint density at radius 3 is 1.29 bits per heavy atom. The van der Waals surface area contributed by atoms with Crippen LogP contribution in [0.25, 0.3) is 0 Å². The lowest BCUT2D eigenvalue weighted by Gasteiger charge is -2.47. The van der Waals surface area contributed by atoms with E-state index in [0.717, 1.165) is 0 Å². The monoisotopic (exact) mass is 456 g/mol. The van der Waals surface area contributed by atoms with E-state index in [-0.39, 0.29) is 0 Å². The van der Waals surface area contributed by atoms with Crippen molar-refractivity contribution in [1.29, 1.82) is 0 Å². The molecule has 0 aliphatic carbocycles. The molecule has 3 rings (SSSR count). The highest BCUT2D eigenvalue weighted by Crippen LogP contribution is 2.32. The average molecular weight is 456 g/mol. The number of ether oxygens (including phenoxy) is 5. The molecule has 0 spiro atoms. The van der Waals surface area contributed by atoms with Crippen molar-refractivity contribution in [2.45, 2.75) is 113 Å². The number of aliphatic hydroxyl groups is 8. The molecule has 0 aromatic carbocycles. The van der Waals surface area contributed by atoms with Crippen molar-refractivity contribution in [2.24, 2.45) is 0 Å². The van der Waals surface area contributed by atoms with Crippen LogP contribution < -0.4 is 0 Å². The molecule has 3 fully saturated rings. The quantitative estimate of drug-likeness (QED) is 0.201. The standard InChI is InChI=1S/C18H32O13/c1-4-7(19)10(22)12(24)17(28-4)30-14-9(21)6(3)27-16(26)15(14)31-18-13(25)11(23)8(20)5(2)29-18/h4-26H,1-3H3/t4-,5+,6+,7+,8-,9+,10+,11-,12-,13+,14-,15-,16-,17+,18+/m1/s1. The molecule has 13 heteroatoms. The fourth-order valence-corrected chi connectivity index (χ4v) is 3.87. The van der Waals surface area contributed by atoms with Gasteiger partial charge < -0.3 is 64.5 Å². The summed E-state index contributed by atoms with van der Waals surface area (Å²) in [5, 5.41) is 81.0. The van der Waals surface area contributed by atoms with E-state index >= 15 is 0 Å². The molecule has 0 bridgehead atoms. The Kier molecular flexibility index (Phi) is 7.91. The van der Waals surface area contributed by atoms with E-state index in [1.165, 1.54) is 20.8 Å². The Balaban J connectivity index is 1.78. The SMILES string of the molecule is C[C@@H]1O[C@@H](O)[C@H](O[C@@H]2O[C@@H](C)[C@@H](O)[C@@H](O)[C@@H]2O)[C@H](O[C@@H]2O[C@H](C)[C@H](O)[C@H](O)[C@H]2O)[C@H]1O. The molecule has 15 atom stereocenters. The Bertz CT molecular complexity index is 595. The Morgan fingerprint density at radius 2 is 0.839 bits per heavy atom. The lowest BCUT2D eigenvalue weighted by atomic mass is 9.97. The zero-order valence-electron chi connectivity index (χ0n) is 17.3. The molecule has 0 aromatic rings. The van der Waals surface area contributed by atoms with E-state index in [4.69, 9.17) is 23.7 Å². The molecule has 0 radical (unpaired) electrons. The van der Waals surface area contributed by atoms with Crippen molar-refractivity contribution in [1.82, 2.24) is 0 Å². The Morgan fingerprint density at radius 1 is 0.452 bits per heavy atom. The zero-order valence-corrected chi connectivity index (χ0v) is 17.3. The van der Waals surface area contributed by atoms with E-state index in [1.807, 2.05) is 0 Å². The molecule has 182 valence electrons. The Hall–Kier alpha value is -0.520. The van der Waals surface area contributed by atoms with Gasteiger partial charge in [0.05, 0.1) is 18.3 Å². The molecule has 0 amide bonds. The van der Waals surface area contributed by atoms with Crippen LogP contribution in [0.3, 0.4) is 0 Å². The maximum absolute atomic E-state index is 10.6. The van der Waals surface area contributed by atoms with Crippen LogP contribution in [0, 0.1) is 0 Å². The van der Waals surface area contributed by atoms with Gasteiger partial charge in [-0.2, -0.15) is 0 Å². The lowest BCUT2D eigenvalue weighted by molar-refractivity contribution is -0.382. The summed E-state index contributed by atoms with van der Waals surface area (Å²) in [5.74, 6) is 0. The molecule has 3 heterocycles. The van der Waals surface area contributed by atoms with Crippen molar-refractivity contribution in [2.75, 3.05) is 0 Å². The number of hydrogen-bond acceptors (Lipinski definition) is 13. The lowest BCUT2D eigenvalue weighted by Crippen LogP contribution is -2.65. The maximum Gasteiger partial charge on any atom is 0.187 e. The van der Waals surface area contributed by atoms with Gasteiger partial charge in [0.1, 0.15) is 54.9 Å².